The molecule has 0 atom stereocenters. The van der Waals surface area contributed by atoms with Crippen LogP contribution in [0.25, 0.3) is 0 Å². The Labute approximate surface area is 77.3 Å². The van der Waals surface area contributed by atoms with E-state index in [0.717, 1.165) is 10.7 Å². The van der Waals surface area contributed by atoms with Crippen molar-refractivity contribution in [2.24, 2.45) is 5.84 Å². The van der Waals surface area contributed by atoms with Crippen LogP contribution < -0.4 is 5.84 Å². The van der Waals surface area contributed by atoms with Crippen molar-refractivity contribution >= 4 is 5.91 Å². The van der Waals surface area contributed by atoms with Crippen molar-refractivity contribution in [3.63, 3.8) is 0 Å². The Kier molecular flexibility index (Phi) is 3.40. The molecule has 0 saturated carbocycles. The quantitative estimate of drug-likeness (QED) is 0.413. The molecule has 0 fully saturated rings. The number of nitrogens with zero attached hydrogens (tertiary/aromatic N) is 2. The van der Waals surface area contributed by atoms with Crippen molar-refractivity contribution in [1.82, 2.24) is 9.99 Å². The zero-order valence-corrected chi connectivity index (χ0v) is 7.60. The number of aromatic nitrogens is 1. The third kappa shape index (κ3) is 3.21. The Morgan fingerprint density at radius 1 is 1.62 bits per heavy atom. The monoisotopic (exact) mass is 179 g/mol. The van der Waals surface area contributed by atoms with Gasteiger partial charge in [0, 0.05) is 25.4 Å². The van der Waals surface area contributed by atoms with Gasteiger partial charge in [-0.25, -0.2) is 5.84 Å². The van der Waals surface area contributed by atoms with Gasteiger partial charge in [-0.15, -0.1) is 0 Å². The number of hydrogen-bond acceptors (Lipinski definition) is 3. The van der Waals surface area contributed by atoms with Gasteiger partial charge in [-0.05, 0) is 18.6 Å². The molecule has 1 heterocycles. The molecule has 0 aromatic carbocycles. The van der Waals surface area contributed by atoms with Gasteiger partial charge >= 0.3 is 0 Å². The van der Waals surface area contributed by atoms with Crippen LogP contribution in [0.4, 0.5) is 0 Å². The summed E-state index contributed by atoms with van der Waals surface area (Å²) in [6.45, 7) is 0. The molecular formula is C9H13N3O. The van der Waals surface area contributed by atoms with Gasteiger partial charge in [0.1, 0.15) is 0 Å². The number of hydrogen-bond donors (Lipinski definition) is 1. The smallest absolute Gasteiger partial charge is 0.236 e. The highest BCUT2D eigenvalue weighted by atomic mass is 16.2. The van der Waals surface area contributed by atoms with Crippen LogP contribution in [0.15, 0.2) is 24.4 Å². The van der Waals surface area contributed by atoms with E-state index in [0.29, 0.717) is 12.8 Å². The highest BCUT2D eigenvalue weighted by Crippen LogP contribution is 1.98. The molecule has 4 nitrogen and oxygen atoms in total. The van der Waals surface area contributed by atoms with Crippen LogP contribution in [0.3, 0.4) is 0 Å². The second-order valence-electron chi connectivity index (χ2n) is 2.83. The Balaban J connectivity index is 2.40. The van der Waals surface area contributed by atoms with Crippen LogP contribution in [0.5, 0.6) is 0 Å². The average molecular weight is 179 g/mol. The number of aryl methyl sites for hydroxylation is 1. The number of nitrogens with two attached hydrogens (primary N) is 1. The predicted molar refractivity (Wildman–Crippen MR) is 49.5 cm³/mol. The van der Waals surface area contributed by atoms with Crippen molar-refractivity contribution in [2.45, 2.75) is 12.8 Å². The molecule has 70 valence electrons. The molecule has 1 rings (SSSR count). The normalized spacial score (nSPS) is 9.69. The molecule has 0 aliphatic heterocycles. The van der Waals surface area contributed by atoms with E-state index < -0.39 is 0 Å². The summed E-state index contributed by atoms with van der Waals surface area (Å²) >= 11 is 0. The lowest BCUT2D eigenvalue weighted by atomic mass is 10.2. The second-order valence-corrected chi connectivity index (χ2v) is 2.83. The number of carbonyl (C=O) groups excluding carboxylic acids is 1. The van der Waals surface area contributed by atoms with Gasteiger partial charge < -0.3 is 0 Å². The van der Waals surface area contributed by atoms with E-state index in [1.807, 2.05) is 18.2 Å². The highest BCUT2D eigenvalue weighted by Gasteiger charge is 2.04. The first-order chi connectivity index (χ1) is 6.20. The standard InChI is InChI=1S/C9H13N3O/c1-12(10)9(13)6-5-8-4-2-3-7-11-8/h2-4,7H,5-6,10H2,1H3. The van der Waals surface area contributed by atoms with E-state index in [1.165, 1.54) is 0 Å². The zero-order valence-electron chi connectivity index (χ0n) is 7.60. The Morgan fingerprint density at radius 2 is 2.38 bits per heavy atom. The maximum absolute atomic E-state index is 11.1. The van der Waals surface area contributed by atoms with Gasteiger partial charge in [-0.1, -0.05) is 6.07 Å². The maximum atomic E-state index is 11.1. The molecule has 0 aliphatic carbocycles. The third-order valence-electron chi connectivity index (χ3n) is 1.71. The lowest BCUT2D eigenvalue weighted by Gasteiger charge is -2.08. The molecule has 4 heteroatoms. The largest absolute Gasteiger partial charge is 0.284 e. The average Bonchev–Trinajstić information content (AvgIpc) is 2.15. The molecule has 13 heavy (non-hydrogen) atoms. The maximum Gasteiger partial charge on any atom is 0.236 e. The van der Waals surface area contributed by atoms with Crippen LogP contribution in [0, 0.1) is 0 Å². The molecular weight excluding hydrogens is 166 g/mol. The van der Waals surface area contributed by atoms with Gasteiger partial charge in [0.25, 0.3) is 0 Å². The summed E-state index contributed by atoms with van der Waals surface area (Å²) in [7, 11) is 1.54. The molecule has 1 amide bonds. The van der Waals surface area contributed by atoms with E-state index >= 15 is 0 Å². The Morgan fingerprint density at radius 3 is 2.92 bits per heavy atom. The molecule has 1 aromatic rings. The van der Waals surface area contributed by atoms with Crippen molar-refractivity contribution < 1.29 is 4.79 Å². The summed E-state index contributed by atoms with van der Waals surface area (Å²) < 4.78 is 0. The lowest BCUT2D eigenvalue weighted by molar-refractivity contribution is -0.130. The van der Waals surface area contributed by atoms with Crippen molar-refractivity contribution in [3.8, 4) is 0 Å². The first kappa shape index (κ1) is 9.67. The van der Waals surface area contributed by atoms with Crippen LogP contribution in [-0.2, 0) is 11.2 Å². The van der Waals surface area contributed by atoms with Crippen LogP contribution >= 0.6 is 0 Å². The predicted octanol–water partition coefficient (Wildman–Crippen LogP) is 0.346. The third-order valence-corrected chi connectivity index (χ3v) is 1.71. The van der Waals surface area contributed by atoms with Crippen LogP contribution in [-0.4, -0.2) is 22.9 Å². The van der Waals surface area contributed by atoms with Crippen molar-refractivity contribution in [3.05, 3.63) is 30.1 Å². The minimum absolute atomic E-state index is 0.0781. The summed E-state index contributed by atoms with van der Waals surface area (Å²) in [5.41, 5.74) is 0.915. The van der Waals surface area contributed by atoms with Crippen molar-refractivity contribution in [1.29, 1.82) is 0 Å². The number of hydrazine groups is 1. The van der Waals surface area contributed by atoms with E-state index in [1.54, 1.807) is 13.2 Å². The Bertz CT molecular complexity index is 271. The summed E-state index contributed by atoms with van der Waals surface area (Å²) in [5, 5.41) is 1.10. The molecule has 2 N–H and O–H groups in total. The second kappa shape index (κ2) is 4.57. The van der Waals surface area contributed by atoms with E-state index in [-0.39, 0.29) is 5.91 Å². The first-order valence-corrected chi connectivity index (χ1v) is 4.11. The summed E-state index contributed by atoms with van der Waals surface area (Å²) in [4.78, 5) is 15.2. The molecule has 0 bridgehead atoms. The topological polar surface area (TPSA) is 59.2 Å². The molecule has 0 unspecified atom stereocenters. The fourth-order valence-corrected chi connectivity index (χ4v) is 0.957. The molecule has 1 aromatic heterocycles. The van der Waals surface area contributed by atoms with Gasteiger partial charge in [0.05, 0.1) is 0 Å². The van der Waals surface area contributed by atoms with Crippen LogP contribution in [0.1, 0.15) is 12.1 Å². The molecule has 0 radical (unpaired) electrons. The SMILES string of the molecule is CN(N)C(=O)CCc1ccccn1. The van der Waals surface area contributed by atoms with Crippen LogP contribution in [0.2, 0.25) is 0 Å². The first-order valence-electron chi connectivity index (χ1n) is 4.11. The highest BCUT2D eigenvalue weighted by molar-refractivity contribution is 5.75. The fourth-order valence-electron chi connectivity index (χ4n) is 0.957. The Hall–Kier alpha value is -1.42. The lowest BCUT2D eigenvalue weighted by Crippen LogP contribution is -2.33. The van der Waals surface area contributed by atoms with Gasteiger partial charge in [-0.2, -0.15) is 0 Å². The minimum atomic E-state index is -0.0781. The fraction of sp³-hybridized carbons (Fsp3) is 0.333. The van der Waals surface area contributed by atoms with Gasteiger partial charge in [0.15, 0.2) is 0 Å². The van der Waals surface area contributed by atoms with E-state index in [9.17, 15) is 4.79 Å². The molecule has 0 aliphatic rings. The minimum Gasteiger partial charge on any atom is -0.284 e. The summed E-state index contributed by atoms with van der Waals surface area (Å²) in [6.07, 6.45) is 2.76. The van der Waals surface area contributed by atoms with E-state index in [4.69, 9.17) is 5.84 Å². The summed E-state index contributed by atoms with van der Waals surface area (Å²) in [5.74, 6) is 5.19. The number of carbonyl (C=O) groups is 1. The van der Waals surface area contributed by atoms with E-state index in [2.05, 4.69) is 4.98 Å². The number of pyridine rings is 1. The van der Waals surface area contributed by atoms with Gasteiger partial charge in [0.2, 0.25) is 5.91 Å². The van der Waals surface area contributed by atoms with Gasteiger partial charge in [-0.3, -0.25) is 14.8 Å². The summed E-state index contributed by atoms with van der Waals surface area (Å²) in [6, 6.07) is 5.64. The number of amides is 1. The molecule has 0 spiro atoms. The number of rotatable bonds is 3. The van der Waals surface area contributed by atoms with Crippen molar-refractivity contribution in [2.75, 3.05) is 7.05 Å². The zero-order chi connectivity index (χ0) is 9.68. The molecule has 0 saturated heterocycles.